The summed E-state index contributed by atoms with van der Waals surface area (Å²) in [6.45, 7) is 0. The molecule has 2 aliphatic heterocycles. The molecule has 0 radical (unpaired) electrons. The summed E-state index contributed by atoms with van der Waals surface area (Å²) in [4.78, 5) is 37.0. The Labute approximate surface area is 128 Å². The van der Waals surface area contributed by atoms with E-state index in [0.29, 0.717) is 19.3 Å². The zero-order valence-electron chi connectivity index (χ0n) is 12.4. The molecular weight excluding hydrogens is 288 g/mol. The van der Waals surface area contributed by atoms with Gasteiger partial charge in [-0.25, -0.2) is 4.79 Å². The maximum absolute atomic E-state index is 12.8. The van der Waals surface area contributed by atoms with Crippen molar-refractivity contribution in [1.29, 1.82) is 0 Å². The SMILES string of the molecule is NC(=O)C1CCC(C(=O)N2C(C(=O)O)CC3CCCCC32)O1. The fourth-order valence-electron chi connectivity index (χ4n) is 4.19. The number of rotatable bonds is 3. The number of primary amides is 1. The third kappa shape index (κ3) is 2.58. The Kier molecular flexibility index (Phi) is 4.08. The van der Waals surface area contributed by atoms with Gasteiger partial charge >= 0.3 is 5.97 Å². The van der Waals surface area contributed by atoms with Gasteiger partial charge < -0.3 is 20.5 Å². The lowest BCUT2D eigenvalue weighted by molar-refractivity contribution is -0.156. The number of carboxylic acids is 1. The Morgan fingerprint density at radius 2 is 1.73 bits per heavy atom. The van der Waals surface area contributed by atoms with Crippen molar-refractivity contribution >= 4 is 17.8 Å². The van der Waals surface area contributed by atoms with Crippen LogP contribution in [0, 0.1) is 5.92 Å². The van der Waals surface area contributed by atoms with Crippen molar-refractivity contribution in [3.05, 3.63) is 0 Å². The zero-order valence-corrected chi connectivity index (χ0v) is 12.4. The van der Waals surface area contributed by atoms with Crippen LogP contribution in [-0.2, 0) is 19.1 Å². The topological polar surface area (TPSA) is 110 Å². The number of nitrogens with zero attached hydrogens (tertiary/aromatic N) is 1. The number of carbonyl (C=O) groups excluding carboxylic acids is 2. The number of likely N-dealkylation sites (tertiary alicyclic amines) is 1. The monoisotopic (exact) mass is 310 g/mol. The minimum absolute atomic E-state index is 0.00132. The largest absolute Gasteiger partial charge is 0.480 e. The average molecular weight is 310 g/mol. The number of ether oxygens (including phenoxy) is 1. The van der Waals surface area contributed by atoms with Crippen LogP contribution in [0.1, 0.15) is 44.9 Å². The van der Waals surface area contributed by atoms with Crippen LogP contribution in [0.5, 0.6) is 0 Å². The summed E-state index contributed by atoms with van der Waals surface area (Å²) in [7, 11) is 0. The predicted molar refractivity (Wildman–Crippen MR) is 75.7 cm³/mol. The van der Waals surface area contributed by atoms with Gasteiger partial charge in [-0.15, -0.1) is 0 Å². The molecule has 2 saturated heterocycles. The Morgan fingerprint density at radius 3 is 2.36 bits per heavy atom. The van der Waals surface area contributed by atoms with Crippen molar-refractivity contribution in [1.82, 2.24) is 4.90 Å². The van der Waals surface area contributed by atoms with Crippen molar-refractivity contribution in [3.63, 3.8) is 0 Å². The van der Waals surface area contributed by atoms with E-state index < -0.39 is 30.1 Å². The molecule has 22 heavy (non-hydrogen) atoms. The van der Waals surface area contributed by atoms with E-state index in [9.17, 15) is 19.5 Å². The first kappa shape index (κ1) is 15.3. The van der Waals surface area contributed by atoms with Crippen LogP contribution in [0.25, 0.3) is 0 Å². The third-order valence-electron chi connectivity index (χ3n) is 5.24. The summed E-state index contributed by atoms with van der Waals surface area (Å²) >= 11 is 0. The first-order valence-corrected chi connectivity index (χ1v) is 7.98. The predicted octanol–water partition coefficient (Wildman–Crippen LogP) is 0.264. The second-order valence-corrected chi connectivity index (χ2v) is 6.54. The van der Waals surface area contributed by atoms with Gasteiger partial charge in [0.2, 0.25) is 5.91 Å². The van der Waals surface area contributed by atoms with Crippen LogP contribution in [0.4, 0.5) is 0 Å². The number of hydrogen-bond acceptors (Lipinski definition) is 4. The number of hydrogen-bond donors (Lipinski definition) is 2. The molecule has 3 fully saturated rings. The molecule has 0 aromatic heterocycles. The van der Waals surface area contributed by atoms with Crippen molar-refractivity contribution in [2.24, 2.45) is 11.7 Å². The Balaban J connectivity index is 1.76. The molecule has 3 rings (SSSR count). The molecule has 2 amide bonds. The molecule has 3 N–H and O–H groups in total. The quantitative estimate of drug-likeness (QED) is 0.777. The standard InChI is InChI=1S/C15H22N2O5/c16-13(18)11-5-6-12(22-11)14(19)17-9-4-2-1-3-8(9)7-10(17)15(20)21/h8-12H,1-7H2,(H2,16,18)(H,20,21). The average Bonchev–Trinajstić information content (AvgIpc) is 3.11. The van der Waals surface area contributed by atoms with Crippen molar-refractivity contribution in [2.45, 2.75) is 69.2 Å². The molecule has 3 aliphatic rings. The first-order chi connectivity index (χ1) is 10.5. The van der Waals surface area contributed by atoms with E-state index in [4.69, 9.17) is 10.5 Å². The molecule has 2 heterocycles. The number of carboxylic acid groups (broad SMARTS) is 1. The number of aliphatic carboxylic acids is 1. The third-order valence-corrected chi connectivity index (χ3v) is 5.24. The van der Waals surface area contributed by atoms with Crippen LogP contribution in [0.15, 0.2) is 0 Å². The highest BCUT2D eigenvalue weighted by atomic mass is 16.5. The summed E-state index contributed by atoms with van der Waals surface area (Å²) in [6, 6.07) is -0.768. The van der Waals surface area contributed by atoms with Gasteiger partial charge in [-0.05, 0) is 38.0 Å². The Hall–Kier alpha value is -1.63. The van der Waals surface area contributed by atoms with Crippen LogP contribution in [0.2, 0.25) is 0 Å². The van der Waals surface area contributed by atoms with Gasteiger partial charge in [-0.1, -0.05) is 12.8 Å². The van der Waals surface area contributed by atoms with Gasteiger partial charge in [-0.2, -0.15) is 0 Å². The molecule has 0 spiro atoms. The maximum atomic E-state index is 12.8. The fourth-order valence-corrected chi connectivity index (χ4v) is 4.19. The van der Waals surface area contributed by atoms with Gasteiger partial charge in [0.05, 0.1) is 0 Å². The number of nitrogens with two attached hydrogens (primary N) is 1. The van der Waals surface area contributed by atoms with E-state index in [0.717, 1.165) is 25.7 Å². The smallest absolute Gasteiger partial charge is 0.326 e. The molecule has 0 aromatic rings. The van der Waals surface area contributed by atoms with E-state index in [1.807, 2.05) is 0 Å². The van der Waals surface area contributed by atoms with E-state index in [-0.39, 0.29) is 17.9 Å². The second-order valence-electron chi connectivity index (χ2n) is 6.54. The van der Waals surface area contributed by atoms with Crippen molar-refractivity contribution in [3.8, 4) is 0 Å². The van der Waals surface area contributed by atoms with E-state index in [2.05, 4.69) is 0 Å². The Bertz CT molecular complexity index is 494. The Morgan fingerprint density at radius 1 is 1.05 bits per heavy atom. The molecule has 7 heteroatoms. The lowest BCUT2D eigenvalue weighted by atomic mass is 9.84. The highest BCUT2D eigenvalue weighted by Crippen LogP contribution is 2.41. The first-order valence-electron chi connectivity index (χ1n) is 7.98. The summed E-state index contributed by atoms with van der Waals surface area (Å²) in [5.41, 5.74) is 5.21. The van der Waals surface area contributed by atoms with E-state index >= 15 is 0 Å². The molecular formula is C15H22N2O5. The minimum Gasteiger partial charge on any atom is -0.480 e. The lowest BCUT2D eigenvalue weighted by Crippen LogP contribution is -2.50. The summed E-state index contributed by atoms with van der Waals surface area (Å²) < 4.78 is 5.45. The molecule has 122 valence electrons. The highest BCUT2D eigenvalue weighted by Gasteiger charge is 2.50. The van der Waals surface area contributed by atoms with Crippen LogP contribution < -0.4 is 5.73 Å². The molecule has 1 aliphatic carbocycles. The number of carbonyl (C=O) groups is 3. The lowest BCUT2D eigenvalue weighted by Gasteiger charge is -2.34. The summed E-state index contributed by atoms with van der Waals surface area (Å²) in [5, 5.41) is 9.45. The molecule has 5 unspecified atom stereocenters. The van der Waals surface area contributed by atoms with Crippen LogP contribution in [0.3, 0.4) is 0 Å². The summed E-state index contributed by atoms with van der Waals surface area (Å²) in [5.74, 6) is -1.54. The van der Waals surface area contributed by atoms with Gasteiger partial charge in [0.15, 0.2) is 0 Å². The molecule has 7 nitrogen and oxygen atoms in total. The van der Waals surface area contributed by atoms with Gasteiger partial charge in [0, 0.05) is 6.04 Å². The minimum atomic E-state index is -0.952. The zero-order chi connectivity index (χ0) is 15.9. The van der Waals surface area contributed by atoms with Gasteiger partial charge in [0.1, 0.15) is 18.2 Å². The highest BCUT2D eigenvalue weighted by molar-refractivity contribution is 5.88. The summed E-state index contributed by atoms with van der Waals surface area (Å²) in [6.07, 6.45) is 3.85. The van der Waals surface area contributed by atoms with E-state index in [1.54, 1.807) is 0 Å². The molecule has 0 bridgehead atoms. The number of amides is 2. The second kappa shape index (κ2) is 5.87. The molecule has 5 atom stereocenters. The van der Waals surface area contributed by atoms with Crippen LogP contribution >= 0.6 is 0 Å². The molecule has 1 saturated carbocycles. The van der Waals surface area contributed by atoms with Crippen molar-refractivity contribution < 1.29 is 24.2 Å². The van der Waals surface area contributed by atoms with Crippen LogP contribution in [-0.4, -0.2) is 52.1 Å². The fraction of sp³-hybridized carbons (Fsp3) is 0.800. The maximum Gasteiger partial charge on any atom is 0.326 e. The molecule has 0 aromatic carbocycles. The van der Waals surface area contributed by atoms with Gasteiger partial charge in [-0.3, -0.25) is 9.59 Å². The number of fused-ring (bicyclic) bond motifs is 1. The van der Waals surface area contributed by atoms with Crippen molar-refractivity contribution in [2.75, 3.05) is 0 Å². The van der Waals surface area contributed by atoms with E-state index in [1.165, 1.54) is 4.90 Å². The normalized spacial score (nSPS) is 37.8. The van der Waals surface area contributed by atoms with Gasteiger partial charge in [0.25, 0.3) is 5.91 Å².